The Morgan fingerprint density at radius 2 is 2.00 bits per heavy atom. The highest BCUT2D eigenvalue weighted by atomic mass is 35.5. The Morgan fingerprint density at radius 3 is 2.77 bits per heavy atom. The largest absolute Gasteiger partial charge is 0.493 e. The number of rotatable bonds is 6. The summed E-state index contributed by atoms with van der Waals surface area (Å²) in [4.78, 5) is 18.5. The van der Waals surface area contributed by atoms with Gasteiger partial charge in [0, 0.05) is 30.4 Å². The molecule has 3 rings (SSSR count). The quantitative estimate of drug-likeness (QED) is 0.618. The lowest BCUT2D eigenvalue weighted by Crippen LogP contribution is -2.27. The number of nitrogens with zero attached hydrogens (tertiary/aromatic N) is 2. The number of fused-ring (bicyclic) bond motifs is 1. The smallest absolute Gasteiger partial charge is 0.272 e. The molecule has 1 heterocycles. The minimum atomic E-state index is -0.179. The molecule has 2 aromatic carbocycles. The summed E-state index contributed by atoms with van der Waals surface area (Å²) < 4.78 is 5.93. The number of pyridine rings is 1. The van der Waals surface area contributed by atoms with Gasteiger partial charge < -0.3 is 9.64 Å². The third-order valence-corrected chi connectivity index (χ3v) is 4.38. The van der Waals surface area contributed by atoms with Crippen LogP contribution in [-0.2, 0) is 6.54 Å². The van der Waals surface area contributed by atoms with E-state index in [0.29, 0.717) is 23.9 Å². The molecular weight excluding hydrogens is 348 g/mol. The standard InChI is InChI=1S/C21H21ClN2O2/c1-3-12-26-20-9-8-15-6-4-5-7-17(15)18(20)14-24(2)21(25)19-13-16(22)10-11-23-19/h4-11,13H,3,12,14H2,1-2H3. The second-order valence-corrected chi connectivity index (χ2v) is 6.57. The molecule has 0 fully saturated rings. The number of carbonyl (C=O) groups is 1. The molecule has 134 valence electrons. The Labute approximate surface area is 158 Å². The van der Waals surface area contributed by atoms with Crippen LogP contribution in [0.2, 0.25) is 5.02 Å². The van der Waals surface area contributed by atoms with E-state index in [-0.39, 0.29) is 5.91 Å². The molecule has 0 atom stereocenters. The van der Waals surface area contributed by atoms with Crippen molar-refractivity contribution in [2.45, 2.75) is 19.9 Å². The Bertz CT molecular complexity index is 927. The maximum atomic E-state index is 12.7. The lowest BCUT2D eigenvalue weighted by Gasteiger charge is -2.21. The SMILES string of the molecule is CCCOc1ccc2ccccc2c1CN(C)C(=O)c1cc(Cl)ccn1. The maximum absolute atomic E-state index is 12.7. The van der Waals surface area contributed by atoms with Crippen LogP contribution in [-0.4, -0.2) is 29.4 Å². The topological polar surface area (TPSA) is 42.4 Å². The summed E-state index contributed by atoms with van der Waals surface area (Å²) in [5, 5.41) is 2.70. The molecule has 0 radical (unpaired) electrons. The van der Waals surface area contributed by atoms with Crippen LogP contribution in [0.4, 0.5) is 0 Å². The normalized spacial score (nSPS) is 10.7. The minimum Gasteiger partial charge on any atom is -0.493 e. The summed E-state index contributed by atoms with van der Waals surface area (Å²) in [6.45, 7) is 3.13. The number of halogens is 1. The molecule has 0 bridgehead atoms. The van der Waals surface area contributed by atoms with Crippen LogP contribution in [0.1, 0.15) is 29.4 Å². The fourth-order valence-corrected chi connectivity index (χ4v) is 3.01. The number of benzene rings is 2. The van der Waals surface area contributed by atoms with Crippen LogP contribution in [0, 0.1) is 0 Å². The van der Waals surface area contributed by atoms with Crippen LogP contribution in [0.25, 0.3) is 10.8 Å². The number of carbonyl (C=O) groups excluding carboxylic acids is 1. The van der Waals surface area contributed by atoms with Crippen LogP contribution in [0.3, 0.4) is 0 Å². The number of aromatic nitrogens is 1. The summed E-state index contributed by atoms with van der Waals surface area (Å²) in [6.07, 6.45) is 2.46. The zero-order valence-electron chi connectivity index (χ0n) is 14.9. The van der Waals surface area contributed by atoms with Crippen LogP contribution in [0.15, 0.2) is 54.7 Å². The molecule has 3 aromatic rings. The van der Waals surface area contributed by atoms with Gasteiger partial charge in [-0.15, -0.1) is 0 Å². The van der Waals surface area contributed by atoms with Crippen molar-refractivity contribution in [2.75, 3.05) is 13.7 Å². The second-order valence-electron chi connectivity index (χ2n) is 6.13. The van der Waals surface area contributed by atoms with E-state index in [1.807, 2.05) is 24.3 Å². The first-order chi connectivity index (χ1) is 12.6. The first kappa shape index (κ1) is 18.2. The van der Waals surface area contributed by atoms with Crippen LogP contribution in [0.5, 0.6) is 5.75 Å². The molecule has 1 amide bonds. The molecule has 0 N–H and O–H groups in total. The van der Waals surface area contributed by atoms with Crippen molar-refractivity contribution in [1.82, 2.24) is 9.88 Å². The first-order valence-corrected chi connectivity index (χ1v) is 8.98. The molecule has 0 unspecified atom stereocenters. The van der Waals surface area contributed by atoms with E-state index in [9.17, 15) is 4.79 Å². The molecule has 0 saturated heterocycles. The van der Waals surface area contributed by atoms with Gasteiger partial charge in [-0.1, -0.05) is 48.9 Å². The molecule has 5 heteroatoms. The lowest BCUT2D eigenvalue weighted by atomic mass is 10.0. The Kier molecular flexibility index (Phi) is 5.74. The third kappa shape index (κ3) is 3.97. The Balaban J connectivity index is 1.94. The van der Waals surface area contributed by atoms with Crippen molar-refractivity contribution in [3.63, 3.8) is 0 Å². The van der Waals surface area contributed by atoms with Crippen molar-refractivity contribution in [3.8, 4) is 5.75 Å². The molecule has 0 aliphatic heterocycles. The molecule has 26 heavy (non-hydrogen) atoms. The van der Waals surface area contributed by atoms with Gasteiger partial charge in [0.25, 0.3) is 5.91 Å². The van der Waals surface area contributed by atoms with Gasteiger partial charge in [0.2, 0.25) is 0 Å². The molecule has 1 aromatic heterocycles. The number of hydrogen-bond acceptors (Lipinski definition) is 3. The average Bonchev–Trinajstić information content (AvgIpc) is 2.66. The number of hydrogen-bond donors (Lipinski definition) is 0. The van der Waals surface area contributed by atoms with Gasteiger partial charge in [-0.2, -0.15) is 0 Å². The van der Waals surface area contributed by atoms with Crippen molar-refractivity contribution in [3.05, 3.63) is 71.0 Å². The Hall–Kier alpha value is -2.59. The van der Waals surface area contributed by atoms with E-state index < -0.39 is 0 Å². The molecule has 0 aliphatic rings. The van der Waals surface area contributed by atoms with Crippen LogP contribution < -0.4 is 4.74 Å². The third-order valence-electron chi connectivity index (χ3n) is 4.14. The van der Waals surface area contributed by atoms with Crippen molar-refractivity contribution < 1.29 is 9.53 Å². The summed E-state index contributed by atoms with van der Waals surface area (Å²) in [5.74, 6) is 0.631. The molecular formula is C21H21ClN2O2. The first-order valence-electron chi connectivity index (χ1n) is 8.60. The van der Waals surface area contributed by atoms with Crippen LogP contribution >= 0.6 is 11.6 Å². The van der Waals surface area contributed by atoms with Gasteiger partial charge in [0.05, 0.1) is 6.61 Å². The fraction of sp³-hybridized carbons (Fsp3) is 0.238. The van der Waals surface area contributed by atoms with E-state index in [1.54, 1.807) is 24.1 Å². The highest BCUT2D eigenvalue weighted by molar-refractivity contribution is 6.30. The van der Waals surface area contributed by atoms with E-state index in [1.165, 1.54) is 6.20 Å². The van der Waals surface area contributed by atoms with E-state index in [0.717, 1.165) is 28.5 Å². The van der Waals surface area contributed by atoms with Gasteiger partial charge in [0.15, 0.2) is 0 Å². The zero-order chi connectivity index (χ0) is 18.5. The predicted octanol–water partition coefficient (Wildman–Crippen LogP) is 4.95. The molecule has 4 nitrogen and oxygen atoms in total. The van der Waals surface area contributed by atoms with Gasteiger partial charge in [-0.25, -0.2) is 0 Å². The van der Waals surface area contributed by atoms with Crippen molar-refractivity contribution in [1.29, 1.82) is 0 Å². The predicted molar refractivity (Wildman–Crippen MR) is 105 cm³/mol. The summed E-state index contributed by atoms with van der Waals surface area (Å²) in [5.41, 5.74) is 1.32. The maximum Gasteiger partial charge on any atom is 0.272 e. The van der Waals surface area contributed by atoms with Gasteiger partial charge in [-0.3, -0.25) is 9.78 Å². The van der Waals surface area contributed by atoms with E-state index in [4.69, 9.17) is 16.3 Å². The number of amides is 1. The van der Waals surface area contributed by atoms with Gasteiger partial charge in [0.1, 0.15) is 11.4 Å². The summed E-state index contributed by atoms with van der Waals surface area (Å²) >= 11 is 5.98. The molecule has 0 spiro atoms. The van der Waals surface area contributed by atoms with Crippen molar-refractivity contribution in [2.24, 2.45) is 0 Å². The molecule has 0 aliphatic carbocycles. The fourth-order valence-electron chi connectivity index (χ4n) is 2.85. The van der Waals surface area contributed by atoms with Gasteiger partial charge >= 0.3 is 0 Å². The monoisotopic (exact) mass is 368 g/mol. The highest BCUT2D eigenvalue weighted by Crippen LogP contribution is 2.29. The van der Waals surface area contributed by atoms with Crippen molar-refractivity contribution >= 4 is 28.3 Å². The van der Waals surface area contributed by atoms with Gasteiger partial charge in [-0.05, 0) is 35.4 Å². The highest BCUT2D eigenvalue weighted by Gasteiger charge is 2.17. The average molecular weight is 369 g/mol. The molecule has 0 saturated carbocycles. The Morgan fingerprint density at radius 1 is 1.19 bits per heavy atom. The van der Waals surface area contributed by atoms with E-state index in [2.05, 4.69) is 24.0 Å². The zero-order valence-corrected chi connectivity index (χ0v) is 15.7. The lowest BCUT2D eigenvalue weighted by molar-refractivity contribution is 0.0778. The minimum absolute atomic E-state index is 0.179. The summed E-state index contributed by atoms with van der Waals surface area (Å²) in [7, 11) is 1.76. The van der Waals surface area contributed by atoms with E-state index >= 15 is 0 Å². The summed E-state index contributed by atoms with van der Waals surface area (Å²) in [6, 6.07) is 15.4. The second kappa shape index (κ2) is 8.19. The number of ether oxygens (including phenoxy) is 1.